The molecule has 1 N–H and O–H groups in total. The number of hydrogen-bond donors (Lipinski definition) is 0. The maximum atomic E-state index is 13.1. The van der Waals surface area contributed by atoms with Gasteiger partial charge in [0, 0.05) is 56.2 Å². The van der Waals surface area contributed by atoms with Gasteiger partial charge in [-0.3, -0.25) is 4.90 Å². The Bertz CT molecular complexity index is 1520. The van der Waals surface area contributed by atoms with Gasteiger partial charge in [-0.05, 0) is 48.0 Å². The zero-order chi connectivity index (χ0) is 24.7. The second kappa shape index (κ2) is 8.99. The lowest BCUT2D eigenvalue weighted by molar-refractivity contribution is -0.330. The number of aromatic amines is 1. The van der Waals surface area contributed by atoms with Gasteiger partial charge in [0.15, 0.2) is 0 Å². The van der Waals surface area contributed by atoms with Gasteiger partial charge in [0.25, 0.3) is 0 Å². The quantitative estimate of drug-likeness (QED) is 0.315. The molecular formula is C29H26F3N4+. The number of rotatable bonds is 4. The lowest BCUT2D eigenvalue weighted by Gasteiger charge is -2.36. The first-order chi connectivity index (χ1) is 17.5. The fourth-order valence-electron chi connectivity index (χ4n) is 5.11. The Hall–Kier alpha value is -3.84. The number of hydrogen-bond acceptors (Lipinski definition) is 2. The second-order valence-corrected chi connectivity index (χ2v) is 9.30. The van der Waals surface area contributed by atoms with E-state index >= 15 is 0 Å². The van der Waals surface area contributed by atoms with E-state index in [1.165, 1.54) is 17.7 Å². The molecule has 182 valence electrons. The van der Waals surface area contributed by atoms with Crippen molar-refractivity contribution >= 4 is 22.2 Å². The molecule has 0 amide bonds. The van der Waals surface area contributed by atoms with E-state index in [1.807, 2.05) is 35.2 Å². The number of anilines is 1. The molecule has 0 spiro atoms. The van der Waals surface area contributed by atoms with Crippen LogP contribution in [0.3, 0.4) is 0 Å². The number of benzene rings is 3. The van der Waals surface area contributed by atoms with Gasteiger partial charge in [-0.15, -0.1) is 0 Å². The van der Waals surface area contributed by atoms with Gasteiger partial charge in [0.2, 0.25) is 11.2 Å². The molecule has 3 aromatic carbocycles. The van der Waals surface area contributed by atoms with Crippen molar-refractivity contribution in [1.82, 2.24) is 9.30 Å². The van der Waals surface area contributed by atoms with Crippen LogP contribution in [0, 0.1) is 0 Å². The van der Waals surface area contributed by atoms with E-state index in [4.69, 9.17) is 0 Å². The van der Waals surface area contributed by atoms with Gasteiger partial charge >= 0.3 is 6.18 Å². The molecule has 3 heterocycles. The van der Waals surface area contributed by atoms with Gasteiger partial charge in [-0.2, -0.15) is 13.2 Å². The van der Waals surface area contributed by atoms with Crippen LogP contribution in [0.5, 0.6) is 0 Å². The third-order valence-corrected chi connectivity index (χ3v) is 6.94. The third-order valence-electron chi connectivity index (χ3n) is 6.94. The summed E-state index contributed by atoms with van der Waals surface area (Å²) < 4.78 is 41.6. The molecule has 0 atom stereocenters. The molecular weight excluding hydrogens is 461 g/mol. The lowest BCUT2D eigenvalue weighted by Crippen LogP contribution is -2.46. The van der Waals surface area contributed by atoms with E-state index in [-0.39, 0.29) is 0 Å². The molecule has 2 aromatic heterocycles. The Morgan fingerprint density at radius 1 is 0.750 bits per heavy atom. The van der Waals surface area contributed by atoms with Crippen LogP contribution in [-0.4, -0.2) is 35.5 Å². The summed E-state index contributed by atoms with van der Waals surface area (Å²) in [5.41, 5.74) is 6.77. The highest BCUT2D eigenvalue weighted by atomic mass is 19.4. The molecule has 0 radical (unpaired) electrons. The average molecular weight is 488 g/mol. The van der Waals surface area contributed by atoms with E-state index in [1.54, 1.807) is 6.07 Å². The smallest absolute Gasteiger partial charge is 0.369 e. The summed E-state index contributed by atoms with van der Waals surface area (Å²) in [4.78, 5) is 8.03. The van der Waals surface area contributed by atoms with Crippen LogP contribution in [0.2, 0.25) is 0 Å². The van der Waals surface area contributed by atoms with Crippen molar-refractivity contribution in [1.29, 1.82) is 0 Å². The molecule has 0 saturated carbocycles. The molecule has 0 unspecified atom stereocenters. The van der Waals surface area contributed by atoms with Crippen LogP contribution >= 0.6 is 0 Å². The Morgan fingerprint density at radius 3 is 2.28 bits per heavy atom. The predicted octanol–water partition coefficient (Wildman–Crippen LogP) is 5.91. The highest BCUT2D eigenvalue weighted by Gasteiger charge is 2.31. The minimum absolute atomic E-state index is 0.596. The number of aromatic nitrogens is 2. The summed E-state index contributed by atoms with van der Waals surface area (Å²) in [5, 5.41) is 0. The Kier molecular flexibility index (Phi) is 5.64. The summed E-state index contributed by atoms with van der Waals surface area (Å²) >= 11 is 0. The van der Waals surface area contributed by atoms with Gasteiger partial charge < -0.3 is 9.30 Å². The van der Waals surface area contributed by atoms with Crippen molar-refractivity contribution in [2.75, 3.05) is 31.1 Å². The first-order valence-corrected chi connectivity index (χ1v) is 12.1. The summed E-state index contributed by atoms with van der Waals surface area (Å²) in [6.45, 7) is 3.77. The fraction of sp³-hybridized carbons (Fsp3) is 0.207. The van der Waals surface area contributed by atoms with Crippen LogP contribution in [0.25, 0.3) is 27.8 Å². The molecule has 1 aliphatic heterocycles. The molecule has 6 rings (SSSR count). The predicted molar refractivity (Wildman–Crippen MR) is 136 cm³/mol. The summed E-state index contributed by atoms with van der Waals surface area (Å²) in [6.07, 6.45) is -2.12. The first kappa shape index (κ1) is 22.6. The number of H-pyrrole nitrogens is 1. The van der Waals surface area contributed by atoms with Gasteiger partial charge in [0.05, 0.1) is 5.56 Å². The molecule has 1 saturated heterocycles. The van der Waals surface area contributed by atoms with E-state index in [0.29, 0.717) is 18.8 Å². The van der Waals surface area contributed by atoms with Crippen LogP contribution in [0.15, 0.2) is 91.1 Å². The number of nitrogens with one attached hydrogen (secondary N) is 1. The lowest BCUT2D eigenvalue weighted by atomic mass is 10.1. The summed E-state index contributed by atoms with van der Waals surface area (Å²) in [7, 11) is 0. The van der Waals surface area contributed by atoms with Crippen molar-refractivity contribution in [2.45, 2.75) is 12.7 Å². The molecule has 7 heteroatoms. The number of para-hydroxylation sites is 2. The van der Waals surface area contributed by atoms with Crippen LogP contribution in [-0.2, 0) is 12.7 Å². The minimum atomic E-state index is -4.32. The molecule has 36 heavy (non-hydrogen) atoms. The van der Waals surface area contributed by atoms with Gasteiger partial charge in [0.1, 0.15) is 11.0 Å². The second-order valence-electron chi connectivity index (χ2n) is 9.30. The monoisotopic (exact) mass is 487 g/mol. The van der Waals surface area contributed by atoms with Crippen molar-refractivity contribution in [3.63, 3.8) is 0 Å². The third kappa shape index (κ3) is 4.31. The number of piperazine rings is 1. The van der Waals surface area contributed by atoms with Crippen molar-refractivity contribution < 1.29 is 18.2 Å². The van der Waals surface area contributed by atoms with Crippen molar-refractivity contribution in [2.24, 2.45) is 0 Å². The maximum Gasteiger partial charge on any atom is 0.416 e. The normalized spacial score (nSPS) is 15.1. The topological polar surface area (TPSA) is 25.0 Å². The number of nitrogens with zero attached hydrogens (tertiary/aromatic N) is 3. The Labute approximate surface area is 207 Å². The van der Waals surface area contributed by atoms with Crippen LogP contribution in [0.1, 0.15) is 11.1 Å². The molecule has 1 aliphatic rings. The van der Waals surface area contributed by atoms with Crippen LogP contribution in [0.4, 0.5) is 18.9 Å². The summed E-state index contributed by atoms with van der Waals surface area (Å²) in [6, 6.07) is 26.5. The summed E-state index contributed by atoms with van der Waals surface area (Å²) in [5.74, 6) is 0. The molecule has 4 nitrogen and oxygen atoms in total. The van der Waals surface area contributed by atoms with Gasteiger partial charge in [-0.25, -0.2) is 4.98 Å². The standard InChI is InChI=1S/C29H25F3N4/c30-29(31,32)23-9-6-10-24(18-23)35-15-13-34(14-16-35)19-21-17-27-28(22-7-2-1-3-8-22)33-25-11-4-5-12-26(25)36(27)20-21/h1-12,17-18,20H,13-16,19H2/p+1. The molecule has 5 aromatic rings. The number of fused-ring (bicyclic) bond motifs is 3. The molecule has 0 bridgehead atoms. The average Bonchev–Trinajstić information content (AvgIpc) is 3.32. The number of halogens is 3. The van der Waals surface area contributed by atoms with Crippen LogP contribution < -0.4 is 9.88 Å². The first-order valence-electron chi connectivity index (χ1n) is 12.1. The van der Waals surface area contributed by atoms with E-state index < -0.39 is 11.7 Å². The largest absolute Gasteiger partial charge is 0.416 e. The van der Waals surface area contributed by atoms with Crippen molar-refractivity contribution in [3.05, 3.63) is 102 Å². The highest BCUT2D eigenvalue weighted by Crippen LogP contribution is 2.32. The number of alkyl halides is 3. The minimum Gasteiger partial charge on any atom is -0.369 e. The Morgan fingerprint density at radius 2 is 1.50 bits per heavy atom. The highest BCUT2D eigenvalue weighted by molar-refractivity contribution is 5.83. The molecule has 1 fully saturated rings. The van der Waals surface area contributed by atoms with Gasteiger partial charge in [-0.1, -0.05) is 36.4 Å². The Balaban J connectivity index is 1.24. The fourth-order valence-corrected chi connectivity index (χ4v) is 5.11. The van der Waals surface area contributed by atoms with E-state index in [9.17, 15) is 13.2 Å². The molecule has 0 aliphatic carbocycles. The zero-order valence-corrected chi connectivity index (χ0v) is 19.7. The maximum absolute atomic E-state index is 13.1. The van der Waals surface area contributed by atoms with Crippen molar-refractivity contribution in [3.8, 4) is 11.3 Å². The van der Waals surface area contributed by atoms with E-state index in [0.717, 1.165) is 53.5 Å². The van der Waals surface area contributed by atoms with E-state index in [2.05, 4.69) is 50.8 Å². The SMILES string of the molecule is FC(F)(F)c1cccc(N2CCN(Cc3cc4c(-c5ccccc5)[nH+]c5ccccc5n4c3)CC2)c1. The zero-order valence-electron chi connectivity index (χ0n) is 19.7.